The summed E-state index contributed by atoms with van der Waals surface area (Å²) in [4.78, 5) is 14.1. The molecule has 1 aliphatic heterocycles. The Morgan fingerprint density at radius 2 is 2.08 bits per heavy atom. The molecule has 1 fully saturated rings. The molecule has 1 aromatic heterocycles. The SMILES string of the molecule is O=C(O)C1CCCN(C(c2cccc(C(F)(F)F)c2)c2ccc(Cl)s2)C1. The van der Waals surface area contributed by atoms with Crippen LogP contribution >= 0.6 is 22.9 Å². The molecule has 140 valence electrons. The van der Waals surface area contributed by atoms with Crippen molar-refractivity contribution in [2.24, 2.45) is 5.92 Å². The highest BCUT2D eigenvalue weighted by molar-refractivity contribution is 7.16. The van der Waals surface area contributed by atoms with Crippen molar-refractivity contribution in [2.45, 2.75) is 25.1 Å². The number of thiophene rings is 1. The van der Waals surface area contributed by atoms with Gasteiger partial charge in [0.25, 0.3) is 0 Å². The maximum absolute atomic E-state index is 13.1. The summed E-state index contributed by atoms with van der Waals surface area (Å²) in [6, 6.07) is 8.28. The van der Waals surface area contributed by atoms with Crippen LogP contribution in [0, 0.1) is 5.92 Å². The van der Waals surface area contributed by atoms with Gasteiger partial charge in [0.05, 0.1) is 21.9 Å². The molecule has 0 spiro atoms. The first-order chi connectivity index (χ1) is 12.3. The number of halogens is 4. The van der Waals surface area contributed by atoms with Crippen molar-refractivity contribution in [3.63, 3.8) is 0 Å². The molecular formula is C18H17ClF3NO2S. The molecule has 26 heavy (non-hydrogen) atoms. The number of hydrogen-bond donors (Lipinski definition) is 1. The van der Waals surface area contributed by atoms with Gasteiger partial charge in [0.2, 0.25) is 0 Å². The van der Waals surface area contributed by atoms with E-state index in [1.807, 2.05) is 4.90 Å². The van der Waals surface area contributed by atoms with Crippen LogP contribution in [-0.2, 0) is 11.0 Å². The quantitative estimate of drug-likeness (QED) is 0.752. The van der Waals surface area contributed by atoms with E-state index in [-0.39, 0.29) is 0 Å². The number of rotatable bonds is 4. The second kappa shape index (κ2) is 7.58. The number of benzene rings is 1. The number of nitrogens with zero attached hydrogens (tertiary/aromatic N) is 1. The first-order valence-corrected chi connectivity index (χ1v) is 9.34. The van der Waals surface area contributed by atoms with Gasteiger partial charge in [-0.2, -0.15) is 13.2 Å². The number of aliphatic carboxylic acids is 1. The molecule has 0 amide bonds. The minimum Gasteiger partial charge on any atom is -0.481 e. The van der Waals surface area contributed by atoms with E-state index in [0.29, 0.717) is 35.8 Å². The smallest absolute Gasteiger partial charge is 0.416 e. The van der Waals surface area contributed by atoms with Gasteiger partial charge in [0.1, 0.15) is 0 Å². The van der Waals surface area contributed by atoms with Gasteiger partial charge >= 0.3 is 12.1 Å². The van der Waals surface area contributed by atoms with Gasteiger partial charge in [-0.05, 0) is 49.2 Å². The highest BCUT2D eigenvalue weighted by Gasteiger charge is 2.34. The van der Waals surface area contributed by atoms with Crippen LogP contribution in [0.25, 0.3) is 0 Å². The molecule has 8 heteroatoms. The van der Waals surface area contributed by atoms with Gasteiger partial charge in [-0.25, -0.2) is 0 Å². The maximum atomic E-state index is 13.1. The number of piperidine rings is 1. The average Bonchev–Trinajstić information content (AvgIpc) is 3.01. The van der Waals surface area contributed by atoms with E-state index in [9.17, 15) is 23.1 Å². The number of alkyl halides is 3. The molecule has 2 unspecified atom stereocenters. The summed E-state index contributed by atoms with van der Waals surface area (Å²) in [5, 5.41) is 9.34. The zero-order valence-electron chi connectivity index (χ0n) is 13.7. The lowest BCUT2D eigenvalue weighted by atomic mass is 9.93. The van der Waals surface area contributed by atoms with Crippen LogP contribution in [0.2, 0.25) is 4.34 Å². The van der Waals surface area contributed by atoms with E-state index in [0.717, 1.165) is 17.0 Å². The van der Waals surface area contributed by atoms with E-state index in [1.165, 1.54) is 17.4 Å². The number of hydrogen-bond acceptors (Lipinski definition) is 3. The highest BCUT2D eigenvalue weighted by atomic mass is 35.5. The Balaban J connectivity index is 2.01. The summed E-state index contributed by atoms with van der Waals surface area (Å²) in [6.07, 6.45) is -3.17. The zero-order valence-corrected chi connectivity index (χ0v) is 15.2. The molecule has 0 radical (unpaired) electrons. The van der Waals surface area contributed by atoms with Crippen LogP contribution in [-0.4, -0.2) is 29.1 Å². The van der Waals surface area contributed by atoms with Gasteiger partial charge in [-0.1, -0.05) is 23.7 Å². The summed E-state index contributed by atoms with van der Waals surface area (Å²) >= 11 is 7.34. The number of carbonyl (C=O) groups is 1. The van der Waals surface area contributed by atoms with E-state index in [1.54, 1.807) is 18.2 Å². The van der Waals surface area contributed by atoms with E-state index >= 15 is 0 Å². The van der Waals surface area contributed by atoms with Gasteiger partial charge < -0.3 is 5.11 Å². The van der Waals surface area contributed by atoms with Crippen molar-refractivity contribution < 1.29 is 23.1 Å². The Hall–Kier alpha value is -1.57. The third kappa shape index (κ3) is 4.22. The molecule has 2 atom stereocenters. The van der Waals surface area contributed by atoms with E-state index in [4.69, 9.17) is 11.6 Å². The fourth-order valence-electron chi connectivity index (χ4n) is 3.36. The van der Waals surface area contributed by atoms with Gasteiger partial charge in [-0.3, -0.25) is 9.69 Å². The molecule has 3 nitrogen and oxygen atoms in total. The third-order valence-electron chi connectivity index (χ3n) is 4.56. The summed E-state index contributed by atoms with van der Waals surface area (Å²) in [5.41, 5.74) is -0.223. The number of carboxylic acids is 1. The third-order valence-corrected chi connectivity index (χ3v) is 5.84. The Morgan fingerprint density at radius 1 is 1.31 bits per heavy atom. The topological polar surface area (TPSA) is 40.5 Å². The number of likely N-dealkylation sites (tertiary alicyclic amines) is 1. The molecule has 1 saturated heterocycles. The standard InChI is InChI=1S/C18H17ClF3NO2S/c19-15-7-6-14(26-15)16(23-8-2-4-12(10-23)17(24)25)11-3-1-5-13(9-11)18(20,21)22/h1,3,5-7,9,12,16H,2,4,8,10H2,(H,24,25). The predicted octanol–water partition coefficient (Wildman–Crippen LogP) is 5.31. The molecule has 1 aliphatic rings. The molecule has 3 rings (SSSR count). The molecule has 0 bridgehead atoms. The Labute approximate surface area is 158 Å². The first kappa shape index (κ1) is 19.2. The van der Waals surface area contributed by atoms with Gasteiger partial charge in [0.15, 0.2) is 0 Å². The van der Waals surface area contributed by atoms with Crippen LogP contribution in [0.15, 0.2) is 36.4 Å². The lowest BCUT2D eigenvalue weighted by molar-refractivity contribution is -0.143. The van der Waals surface area contributed by atoms with Crippen molar-refractivity contribution in [3.05, 3.63) is 56.7 Å². The minimum absolute atomic E-state index is 0.297. The van der Waals surface area contributed by atoms with Gasteiger partial charge in [-0.15, -0.1) is 11.3 Å². The summed E-state index contributed by atoms with van der Waals surface area (Å²) in [5.74, 6) is -1.39. The van der Waals surface area contributed by atoms with Crippen LogP contribution in [0.3, 0.4) is 0 Å². The monoisotopic (exact) mass is 403 g/mol. The Bertz CT molecular complexity index is 793. The summed E-state index contributed by atoms with van der Waals surface area (Å²) < 4.78 is 40.0. The largest absolute Gasteiger partial charge is 0.481 e. The number of carboxylic acid groups (broad SMARTS) is 1. The first-order valence-electron chi connectivity index (χ1n) is 8.15. The Morgan fingerprint density at radius 3 is 2.69 bits per heavy atom. The second-order valence-electron chi connectivity index (χ2n) is 6.34. The van der Waals surface area contributed by atoms with Crippen LogP contribution < -0.4 is 0 Å². The summed E-state index contributed by atoms with van der Waals surface area (Å²) in [7, 11) is 0. The maximum Gasteiger partial charge on any atom is 0.416 e. The lowest BCUT2D eigenvalue weighted by Gasteiger charge is -2.37. The fraction of sp³-hybridized carbons (Fsp3) is 0.389. The van der Waals surface area contributed by atoms with Crippen molar-refractivity contribution in [1.82, 2.24) is 4.90 Å². The van der Waals surface area contributed by atoms with Crippen molar-refractivity contribution in [2.75, 3.05) is 13.1 Å². The van der Waals surface area contributed by atoms with Crippen LogP contribution in [0.5, 0.6) is 0 Å². The van der Waals surface area contributed by atoms with Gasteiger partial charge in [0, 0.05) is 11.4 Å². The zero-order chi connectivity index (χ0) is 18.9. The molecule has 2 aromatic rings. The van der Waals surface area contributed by atoms with Crippen molar-refractivity contribution in [3.8, 4) is 0 Å². The van der Waals surface area contributed by atoms with Crippen molar-refractivity contribution >= 4 is 28.9 Å². The fourth-order valence-corrected chi connectivity index (χ4v) is 4.58. The Kier molecular flexibility index (Phi) is 5.60. The lowest BCUT2D eigenvalue weighted by Crippen LogP contribution is -2.41. The van der Waals surface area contributed by atoms with E-state index in [2.05, 4.69) is 0 Å². The molecule has 2 heterocycles. The average molecular weight is 404 g/mol. The van der Waals surface area contributed by atoms with Crippen LogP contribution in [0.1, 0.15) is 34.9 Å². The van der Waals surface area contributed by atoms with E-state index < -0.39 is 29.7 Å². The van der Waals surface area contributed by atoms with Crippen LogP contribution in [0.4, 0.5) is 13.2 Å². The highest BCUT2D eigenvalue weighted by Crippen LogP contribution is 2.39. The molecule has 1 N–H and O–H groups in total. The predicted molar refractivity (Wildman–Crippen MR) is 94.5 cm³/mol. The van der Waals surface area contributed by atoms with Crippen molar-refractivity contribution in [1.29, 1.82) is 0 Å². The molecule has 0 saturated carbocycles. The normalized spacial score (nSPS) is 20.1. The molecular weight excluding hydrogens is 387 g/mol. The molecule has 1 aromatic carbocycles. The summed E-state index contributed by atoms with van der Waals surface area (Å²) in [6.45, 7) is 0.923. The second-order valence-corrected chi connectivity index (χ2v) is 8.09. The molecule has 0 aliphatic carbocycles. The minimum atomic E-state index is -4.43.